The van der Waals surface area contributed by atoms with Crippen LogP contribution in [-0.4, -0.2) is 36.4 Å². The highest BCUT2D eigenvalue weighted by Gasteiger charge is 2.14. The van der Waals surface area contributed by atoms with Crippen molar-refractivity contribution < 1.29 is 19.0 Å². The summed E-state index contributed by atoms with van der Waals surface area (Å²) < 4.78 is 16.3. The number of aromatic nitrogens is 2. The average Bonchev–Trinajstić information content (AvgIpc) is 2.78. The maximum absolute atomic E-state index is 12.4. The van der Waals surface area contributed by atoms with Crippen molar-refractivity contribution in [1.82, 2.24) is 10.2 Å². The molecule has 148 valence electrons. The highest BCUT2D eigenvalue weighted by atomic mass is 16.6. The van der Waals surface area contributed by atoms with Crippen LogP contribution in [0.3, 0.4) is 0 Å². The maximum atomic E-state index is 12.4. The van der Waals surface area contributed by atoms with Crippen LogP contribution in [0.15, 0.2) is 54.6 Å². The summed E-state index contributed by atoms with van der Waals surface area (Å²) in [6.07, 6.45) is 0. The molecule has 0 spiro atoms. The lowest BCUT2D eigenvalue weighted by molar-refractivity contribution is 0.102. The molecule has 0 fully saturated rings. The van der Waals surface area contributed by atoms with Crippen LogP contribution in [0.4, 0.5) is 11.5 Å². The number of carbonyl (C=O) groups excluding carboxylic acids is 1. The number of fused-ring (bicyclic) bond motifs is 1. The van der Waals surface area contributed by atoms with E-state index in [0.717, 1.165) is 11.3 Å². The number of hydrogen-bond acceptors (Lipinski definition) is 7. The number of anilines is 2. The minimum absolute atomic E-state index is 0.211. The Hall–Kier alpha value is -3.81. The van der Waals surface area contributed by atoms with Crippen LogP contribution in [0.25, 0.3) is 0 Å². The molecule has 3 aromatic rings. The molecule has 2 N–H and O–H groups in total. The maximum Gasteiger partial charge on any atom is 0.276 e. The van der Waals surface area contributed by atoms with Crippen molar-refractivity contribution in [2.75, 3.05) is 31.0 Å². The first-order valence-corrected chi connectivity index (χ1v) is 9.13. The number of amides is 1. The van der Waals surface area contributed by atoms with E-state index >= 15 is 0 Å². The van der Waals surface area contributed by atoms with Crippen LogP contribution in [0.1, 0.15) is 16.1 Å². The second kappa shape index (κ2) is 8.47. The molecule has 1 aromatic heterocycles. The molecule has 29 heavy (non-hydrogen) atoms. The van der Waals surface area contributed by atoms with Gasteiger partial charge in [0, 0.05) is 23.9 Å². The summed E-state index contributed by atoms with van der Waals surface area (Å²) in [7, 11) is 1.63. The van der Waals surface area contributed by atoms with Gasteiger partial charge in [0.2, 0.25) is 0 Å². The first kappa shape index (κ1) is 18.5. The molecule has 0 unspecified atom stereocenters. The monoisotopic (exact) mass is 392 g/mol. The quantitative estimate of drug-likeness (QED) is 0.665. The fourth-order valence-electron chi connectivity index (χ4n) is 2.90. The number of rotatable bonds is 6. The number of carbonyl (C=O) groups is 1. The molecule has 1 aliphatic rings. The third kappa shape index (κ3) is 4.37. The van der Waals surface area contributed by atoms with E-state index in [4.69, 9.17) is 14.2 Å². The lowest BCUT2D eigenvalue weighted by Gasteiger charge is -2.18. The third-order valence-corrected chi connectivity index (χ3v) is 4.35. The van der Waals surface area contributed by atoms with E-state index < -0.39 is 0 Å². The SMILES string of the molecule is COc1ccccc1CNc1ccc(C(=O)Nc2ccc3c(c2)OCCO3)nn1. The van der Waals surface area contributed by atoms with Gasteiger partial charge in [0.15, 0.2) is 17.2 Å². The number of benzene rings is 2. The van der Waals surface area contributed by atoms with Crippen molar-refractivity contribution in [2.24, 2.45) is 0 Å². The molecule has 2 aromatic carbocycles. The van der Waals surface area contributed by atoms with Gasteiger partial charge in [0.25, 0.3) is 5.91 Å². The largest absolute Gasteiger partial charge is 0.496 e. The number of nitrogens with one attached hydrogen (secondary N) is 2. The summed E-state index contributed by atoms with van der Waals surface area (Å²) in [5.41, 5.74) is 1.80. The van der Waals surface area contributed by atoms with Crippen LogP contribution in [0.2, 0.25) is 0 Å². The predicted molar refractivity (Wildman–Crippen MR) is 108 cm³/mol. The number of ether oxygens (including phenoxy) is 3. The van der Waals surface area contributed by atoms with Gasteiger partial charge in [0.1, 0.15) is 24.8 Å². The summed E-state index contributed by atoms with van der Waals surface area (Å²) in [5, 5.41) is 14.0. The smallest absolute Gasteiger partial charge is 0.276 e. The number of nitrogens with zero attached hydrogens (tertiary/aromatic N) is 2. The standard InChI is InChI=1S/C21H20N4O4/c1-27-17-5-3-2-4-14(17)13-22-20-9-7-16(24-25-20)21(26)23-15-6-8-18-19(12-15)29-11-10-28-18/h2-9,12H,10-11,13H2,1H3,(H,22,25)(H,23,26). The van der Waals surface area contributed by atoms with Crippen LogP contribution in [-0.2, 0) is 6.54 Å². The van der Waals surface area contributed by atoms with Crippen molar-refractivity contribution in [1.29, 1.82) is 0 Å². The highest BCUT2D eigenvalue weighted by molar-refractivity contribution is 6.02. The van der Waals surface area contributed by atoms with Crippen molar-refractivity contribution in [2.45, 2.75) is 6.54 Å². The van der Waals surface area contributed by atoms with E-state index in [1.165, 1.54) is 0 Å². The van der Waals surface area contributed by atoms with Gasteiger partial charge in [0.05, 0.1) is 7.11 Å². The van der Waals surface area contributed by atoms with Gasteiger partial charge in [-0.1, -0.05) is 18.2 Å². The summed E-state index contributed by atoms with van der Waals surface area (Å²) in [5.74, 6) is 2.27. The zero-order chi connectivity index (χ0) is 20.1. The minimum atomic E-state index is -0.356. The van der Waals surface area contributed by atoms with Crippen LogP contribution in [0.5, 0.6) is 17.2 Å². The molecular formula is C21H20N4O4. The van der Waals surface area contributed by atoms with Gasteiger partial charge < -0.3 is 24.8 Å². The fraction of sp³-hybridized carbons (Fsp3) is 0.190. The molecule has 4 rings (SSSR count). The molecule has 0 bridgehead atoms. The number of hydrogen-bond donors (Lipinski definition) is 2. The van der Waals surface area contributed by atoms with Crippen molar-refractivity contribution >= 4 is 17.4 Å². The van der Waals surface area contributed by atoms with Crippen molar-refractivity contribution in [3.8, 4) is 17.2 Å². The zero-order valence-electron chi connectivity index (χ0n) is 15.8. The Morgan fingerprint density at radius 1 is 1.03 bits per heavy atom. The lowest BCUT2D eigenvalue weighted by atomic mass is 10.2. The average molecular weight is 392 g/mol. The molecule has 8 heteroatoms. The van der Waals surface area contributed by atoms with E-state index in [1.807, 2.05) is 24.3 Å². The van der Waals surface area contributed by atoms with Gasteiger partial charge in [-0.2, -0.15) is 0 Å². The molecule has 8 nitrogen and oxygen atoms in total. The van der Waals surface area contributed by atoms with Gasteiger partial charge in [-0.15, -0.1) is 10.2 Å². The second-order valence-corrected chi connectivity index (χ2v) is 6.28. The molecule has 1 aliphatic heterocycles. The predicted octanol–water partition coefficient (Wildman–Crippen LogP) is 3.12. The van der Waals surface area contributed by atoms with E-state index in [1.54, 1.807) is 37.4 Å². The summed E-state index contributed by atoms with van der Waals surface area (Å²) in [6.45, 7) is 1.53. The van der Waals surface area contributed by atoms with Gasteiger partial charge in [-0.3, -0.25) is 4.79 Å². The van der Waals surface area contributed by atoms with Gasteiger partial charge in [-0.25, -0.2) is 0 Å². The van der Waals surface area contributed by atoms with E-state index in [2.05, 4.69) is 20.8 Å². The number of para-hydroxylation sites is 1. The summed E-state index contributed by atoms with van der Waals surface area (Å²) in [6, 6.07) is 16.3. The molecule has 0 saturated heterocycles. The molecule has 2 heterocycles. The molecule has 0 aliphatic carbocycles. The first-order valence-electron chi connectivity index (χ1n) is 9.13. The van der Waals surface area contributed by atoms with Gasteiger partial charge in [-0.05, 0) is 30.3 Å². The first-order chi connectivity index (χ1) is 14.2. The normalized spacial score (nSPS) is 12.2. The van der Waals surface area contributed by atoms with E-state index in [9.17, 15) is 4.79 Å². The zero-order valence-corrected chi connectivity index (χ0v) is 15.8. The Labute approximate surface area is 167 Å². The molecule has 1 amide bonds. The lowest BCUT2D eigenvalue weighted by Crippen LogP contribution is -2.17. The Kier molecular flexibility index (Phi) is 5.42. The molecule has 0 saturated carbocycles. The Morgan fingerprint density at radius 3 is 2.66 bits per heavy atom. The highest BCUT2D eigenvalue weighted by Crippen LogP contribution is 2.32. The Balaban J connectivity index is 1.38. The summed E-state index contributed by atoms with van der Waals surface area (Å²) >= 11 is 0. The summed E-state index contributed by atoms with van der Waals surface area (Å²) in [4.78, 5) is 12.4. The van der Waals surface area contributed by atoms with Crippen molar-refractivity contribution in [3.05, 3.63) is 65.9 Å². The third-order valence-electron chi connectivity index (χ3n) is 4.35. The minimum Gasteiger partial charge on any atom is -0.496 e. The van der Waals surface area contributed by atoms with E-state index in [-0.39, 0.29) is 11.6 Å². The topological polar surface area (TPSA) is 94.6 Å². The number of methoxy groups -OCH3 is 1. The molecule has 0 atom stereocenters. The van der Waals surface area contributed by atoms with E-state index in [0.29, 0.717) is 42.8 Å². The van der Waals surface area contributed by atoms with Crippen LogP contribution in [0, 0.1) is 0 Å². The Morgan fingerprint density at radius 2 is 1.86 bits per heavy atom. The molecular weight excluding hydrogens is 372 g/mol. The Bertz CT molecular complexity index is 1010. The second-order valence-electron chi connectivity index (χ2n) is 6.28. The van der Waals surface area contributed by atoms with Crippen LogP contribution < -0.4 is 24.8 Å². The molecule has 0 radical (unpaired) electrons. The van der Waals surface area contributed by atoms with Crippen LogP contribution >= 0.6 is 0 Å². The van der Waals surface area contributed by atoms with Crippen molar-refractivity contribution in [3.63, 3.8) is 0 Å². The fourth-order valence-corrected chi connectivity index (χ4v) is 2.90. The van der Waals surface area contributed by atoms with Gasteiger partial charge >= 0.3 is 0 Å².